The summed E-state index contributed by atoms with van der Waals surface area (Å²) in [5.41, 5.74) is -5.37. The fraction of sp³-hybridized carbons (Fsp3) is 0.0952. The Hall–Kier alpha value is -3.89. The van der Waals surface area contributed by atoms with Gasteiger partial charge in [-0.15, -0.1) is 0 Å². The highest BCUT2D eigenvalue weighted by Crippen LogP contribution is 2.32. The maximum Gasteiger partial charge on any atom is 0.416 e. The molecule has 11 heteroatoms. The molecule has 0 N–H and O–H groups in total. The van der Waals surface area contributed by atoms with Crippen LogP contribution in [0, 0.1) is 0 Å². The summed E-state index contributed by atoms with van der Waals surface area (Å²) in [6.45, 7) is 0. The van der Waals surface area contributed by atoms with Gasteiger partial charge in [-0.2, -0.15) is 26.3 Å². The maximum absolute atomic E-state index is 13.1. The van der Waals surface area contributed by atoms with E-state index in [1.54, 1.807) is 0 Å². The Bertz CT molecular complexity index is 1340. The van der Waals surface area contributed by atoms with Crippen LogP contribution >= 0.6 is 0 Å². The van der Waals surface area contributed by atoms with E-state index in [1.807, 2.05) is 0 Å². The minimum atomic E-state index is -4.70. The molecule has 0 saturated heterocycles. The molecule has 0 saturated carbocycles. The van der Waals surface area contributed by atoms with Crippen molar-refractivity contribution in [1.29, 1.82) is 0 Å². The lowest BCUT2D eigenvalue weighted by Gasteiger charge is -2.16. The summed E-state index contributed by atoms with van der Waals surface area (Å²) in [5.74, 6) is 0. The summed E-state index contributed by atoms with van der Waals surface area (Å²) >= 11 is 0. The molecule has 164 valence electrons. The van der Waals surface area contributed by atoms with Crippen LogP contribution in [0.3, 0.4) is 0 Å². The third kappa shape index (κ3) is 3.66. The molecule has 0 radical (unpaired) electrons. The van der Waals surface area contributed by atoms with Gasteiger partial charge in [0.2, 0.25) is 0 Å². The van der Waals surface area contributed by atoms with Crippen molar-refractivity contribution >= 4 is 11.2 Å². The van der Waals surface area contributed by atoms with Crippen molar-refractivity contribution in [3.8, 4) is 11.4 Å². The molecule has 4 aromatic rings. The third-order valence-corrected chi connectivity index (χ3v) is 4.67. The second-order valence-electron chi connectivity index (χ2n) is 6.72. The molecule has 4 rings (SSSR count). The van der Waals surface area contributed by atoms with Gasteiger partial charge in [0, 0.05) is 6.20 Å². The molecule has 2 aromatic carbocycles. The first-order chi connectivity index (χ1) is 15.0. The molecule has 0 spiro atoms. The van der Waals surface area contributed by atoms with E-state index in [9.17, 15) is 35.9 Å². The second kappa shape index (κ2) is 7.36. The number of alkyl halides is 6. The second-order valence-corrected chi connectivity index (χ2v) is 6.72. The molecule has 32 heavy (non-hydrogen) atoms. The molecule has 0 amide bonds. The summed E-state index contributed by atoms with van der Waals surface area (Å²) in [4.78, 5) is 29.8. The van der Waals surface area contributed by atoms with Crippen LogP contribution in [-0.4, -0.2) is 14.1 Å². The van der Waals surface area contributed by atoms with Gasteiger partial charge >= 0.3 is 23.5 Å². The van der Waals surface area contributed by atoms with Crippen molar-refractivity contribution in [2.75, 3.05) is 0 Å². The molecule has 0 fully saturated rings. The Balaban J connectivity index is 2.06. The smallest absolute Gasteiger partial charge is 0.269 e. The zero-order valence-corrected chi connectivity index (χ0v) is 15.8. The first-order valence-electron chi connectivity index (χ1n) is 8.96. The van der Waals surface area contributed by atoms with Crippen molar-refractivity contribution in [2.24, 2.45) is 0 Å². The van der Waals surface area contributed by atoms with E-state index < -0.39 is 34.6 Å². The van der Waals surface area contributed by atoms with Crippen molar-refractivity contribution < 1.29 is 26.3 Å². The predicted octanol–water partition coefficient (Wildman–Crippen LogP) is 4.57. The van der Waals surface area contributed by atoms with E-state index in [-0.39, 0.29) is 22.5 Å². The minimum Gasteiger partial charge on any atom is -0.269 e. The monoisotopic (exact) mass is 451 g/mol. The minimum absolute atomic E-state index is 0.0613. The van der Waals surface area contributed by atoms with Crippen LogP contribution < -0.4 is 11.1 Å². The Kier molecular flexibility index (Phi) is 4.91. The van der Waals surface area contributed by atoms with Crippen molar-refractivity contribution in [1.82, 2.24) is 14.1 Å². The zero-order chi connectivity index (χ0) is 23.3. The maximum atomic E-state index is 13.1. The summed E-state index contributed by atoms with van der Waals surface area (Å²) in [6.07, 6.45) is -8.15. The topological polar surface area (TPSA) is 56.9 Å². The van der Waals surface area contributed by atoms with E-state index in [0.29, 0.717) is 16.7 Å². The van der Waals surface area contributed by atoms with E-state index in [4.69, 9.17) is 0 Å². The standard InChI is InChI=1S/C21H11F6N3O2/c22-20(23,24)12-4-1-6-14(10-12)29-16-8-3-9-28-17(16)30(19(32)18(29)31)15-7-2-5-13(11-15)21(25,26)27/h1-11H. The molecule has 0 aliphatic carbocycles. The SMILES string of the molecule is O=c1c(=O)n(-c2cccc(C(F)(F)F)c2)c2ncccc2n1-c1cccc(C(F)(F)F)c1. The first kappa shape index (κ1) is 21.3. The van der Waals surface area contributed by atoms with Crippen LogP contribution in [-0.2, 0) is 12.4 Å². The molecule has 2 aromatic heterocycles. The summed E-state index contributed by atoms with van der Waals surface area (Å²) in [7, 11) is 0. The van der Waals surface area contributed by atoms with Gasteiger partial charge in [0.15, 0.2) is 5.65 Å². The number of benzene rings is 2. The highest BCUT2D eigenvalue weighted by Gasteiger charge is 2.32. The van der Waals surface area contributed by atoms with Gasteiger partial charge in [-0.1, -0.05) is 12.1 Å². The third-order valence-electron chi connectivity index (χ3n) is 4.67. The molecular weight excluding hydrogens is 440 g/mol. The van der Waals surface area contributed by atoms with Crippen molar-refractivity contribution in [2.45, 2.75) is 12.4 Å². The van der Waals surface area contributed by atoms with Crippen molar-refractivity contribution in [3.05, 3.63) is 98.7 Å². The van der Waals surface area contributed by atoms with Gasteiger partial charge in [0.1, 0.15) is 0 Å². The number of rotatable bonds is 2. The zero-order valence-electron chi connectivity index (χ0n) is 15.8. The summed E-state index contributed by atoms with van der Waals surface area (Å²) in [6, 6.07) is 10.2. The molecule has 2 heterocycles. The van der Waals surface area contributed by atoms with Gasteiger partial charge < -0.3 is 0 Å². The van der Waals surface area contributed by atoms with Crippen LogP contribution in [0.1, 0.15) is 11.1 Å². The number of halogens is 6. The average molecular weight is 451 g/mol. The van der Waals surface area contributed by atoms with E-state index >= 15 is 0 Å². The Morgan fingerprint density at radius 1 is 0.656 bits per heavy atom. The lowest BCUT2D eigenvalue weighted by atomic mass is 10.1. The summed E-state index contributed by atoms with van der Waals surface area (Å²) in [5, 5.41) is 0. The van der Waals surface area contributed by atoms with Crippen LogP contribution in [0.5, 0.6) is 0 Å². The Labute approximate surface area is 174 Å². The van der Waals surface area contributed by atoms with Gasteiger partial charge in [-0.05, 0) is 48.5 Å². The van der Waals surface area contributed by atoms with Crippen LogP contribution in [0.25, 0.3) is 22.5 Å². The van der Waals surface area contributed by atoms with Crippen LogP contribution in [0.4, 0.5) is 26.3 Å². The normalized spacial score (nSPS) is 12.3. The highest BCUT2D eigenvalue weighted by molar-refractivity contribution is 5.75. The Morgan fingerprint density at radius 3 is 1.69 bits per heavy atom. The lowest BCUT2D eigenvalue weighted by Crippen LogP contribution is -2.40. The largest absolute Gasteiger partial charge is 0.416 e. The van der Waals surface area contributed by atoms with Gasteiger partial charge in [-0.3, -0.25) is 18.7 Å². The number of fused-ring (bicyclic) bond motifs is 1. The van der Waals surface area contributed by atoms with E-state index in [0.717, 1.165) is 28.8 Å². The number of aromatic nitrogens is 3. The molecular formula is C21H11F6N3O2. The molecule has 0 aliphatic rings. The fourth-order valence-corrected chi connectivity index (χ4v) is 3.27. The molecule has 5 nitrogen and oxygen atoms in total. The van der Waals surface area contributed by atoms with Crippen LogP contribution in [0.15, 0.2) is 76.4 Å². The molecule has 0 unspecified atom stereocenters. The van der Waals surface area contributed by atoms with Crippen LogP contribution in [0.2, 0.25) is 0 Å². The number of pyridine rings is 1. The predicted molar refractivity (Wildman–Crippen MR) is 103 cm³/mol. The number of hydrogen-bond acceptors (Lipinski definition) is 3. The van der Waals surface area contributed by atoms with Gasteiger partial charge in [0.25, 0.3) is 0 Å². The quantitative estimate of drug-likeness (QED) is 0.331. The Morgan fingerprint density at radius 2 is 1.16 bits per heavy atom. The van der Waals surface area contributed by atoms with Gasteiger partial charge in [0.05, 0.1) is 28.0 Å². The molecule has 0 aliphatic heterocycles. The number of nitrogens with zero attached hydrogens (tertiary/aromatic N) is 3. The van der Waals surface area contributed by atoms with E-state index in [2.05, 4.69) is 4.98 Å². The average Bonchev–Trinajstić information content (AvgIpc) is 2.74. The van der Waals surface area contributed by atoms with Crippen molar-refractivity contribution in [3.63, 3.8) is 0 Å². The van der Waals surface area contributed by atoms with Gasteiger partial charge in [-0.25, -0.2) is 4.98 Å². The number of hydrogen-bond donors (Lipinski definition) is 0. The fourth-order valence-electron chi connectivity index (χ4n) is 3.27. The summed E-state index contributed by atoms with van der Waals surface area (Å²) < 4.78 is 80.3. The lowest BCUT2D eigenvalue weighted by molar-refractivity contribution is -0.138. The molecule has 0 bridgehead atoms. The molecule has 0 atom stereocenters. The van der Waals surface area contributed by atoms with E-state index in [1.165, 1.54) is 30.5 Å². The first-order valence-corrected chi connectivity index (χ1v) is 8.96. The highest BCUT2D eigenvalue weighted by atomic mass is 19.4.